The van der Waals surface area contributed by atoms with Crippen LogP contribution in [-0.2, 0) is 22.3 Å². The minimum absolute atomic E-state index is 0.0133. The Kier molecular flexibility index (Phi) is 5.98. The molecule has 0 saturated heterocycles. The molecule has 2 aromatic carbocycles. The molecule has 0 amide bonds. The third-order valence-corrected chi connectivity index (χ3v) is 6.41. The fourth-order valence-corrected chi connectivity index (χ4v) is 4.63. The first-order chi connectivity index (χ1) is 17.1. The molecule has 5 rings (SSSR count). The van der Waals surface area contributed by atoms with Gasteiger partial charge in [0.2, 0.25) is 5.88 Å². The van der Waals surface area contributed by atoms with Crippen molar-refractivity contribution in [2.75, 3.05) is 6.61 Å². The lowest BCUT2D eigenvalue weighted by Crippen LogP contribution is -2.11. The van der Waals surface area contributed by atoms with Crippen molar-refractivity contribution in [2.45, 2.75) is 25.6 Å². The van der Waals surface area contributed by atoms with Crippen LogP contribution in [0.2, 0.25) is 5.02 Å². The molecule has 2 aliphatic carbocycles. The molecule has 1 heterocycles. The zero-order chi connectivity index (χ0) is 25.8. The molecule has 0 aliphatic heterocycles. The van der Waals surface area contributed by atoms with E-state index in [1.165, 1.54) is 6.07 Å². The first-order valence-corrected chi connectivity index (χ1v) is 11.3. The van der Waals surface area contributed by atoms with Crippen LogP contribution in [0, 0.1) is 17.6 Å². The highest BCUT2D eigenvalue weighted by Crippen LogP contribution is 2.60. The van der Waals surface area contributed by atoms with Crippen LogP contribution in [0.5, 0.6) is 5.88 Å². The number of halogens is 6. The Morgan fingerprint density at radius 2 is 1.86 bits per heavy atom. The molecule has 0 bridgehead atoms. The molecule has 4 nitrogen and oxygen atoms in total. The smallest absolute Gasteiger partial charge is 0.417 e. The van der Waals surface area contributed by atoms with Crippen LogP contribution < -0.4 is 4.74 Å². The zero-order valence-electron chi connectivity index (χ0n) is 18.6. The van der Waals surface area contributed by atoms with Crippen LogP contribution in [-0.4, -0.2) is 17.6 Å². The fourth-order valence-electron chi connectivity index (χ4n) is 4.48. The van der Waals surface area contributed by atoms with Crippen molar-refractivity contribution >= 4 is 23.6 Å². The maximum Gasteiger partial charge on any atom is 0.417 e. The number of rotatable bonds is 6. The lowest BCUT2D eigenvalue weighted by Gasteiger charge is -2.17. The molecular weight excluding hydrogens is 505 g/mol. The number of carbonyl (C=O) groups is 1. The van der Waals surface area contributed by atoms with Gasteiger partial charge in [0.1, 0.15) is 18.2 Å². The normalized spacial score (nSPS) is 17.8. The number of carbonyl (C=O) groups excluding carboxylic acids is 1. The summed E-state index contributed by atoms with van der Waals surface area (Å²) in [4.78, 5) is 16.2. The quantitative estimate of drug-likeness (QED) is 0.260. The number of esters is 1. The molecule has 1 saturated carbocycles. The lowest BCUT2D eigenvalue weighted by atomic mass is 9.96. The molecule has 0 radical (unpaired) electrons. The average molecular weight is 522 g/mol. The van der Waals surface area contributed by atoms with Crippen molar-refractivity contribution in [1.29, 1.82) is 0 Å². The van der Waals surface area contributed by atoms with E-state index < -0.39 is 35.5 Å². The van der Waals surface area contributed by atoms with Gasteiger partial charge in [0.25, 0.3) is 0 Å². The first-order valence-electron chi connectivity index (χ1n) is 10.9. The summed E-state index contributed by atoms with van der Waals surface area (Å²) in [6.07, 6.45) is -1.52. The molecule has 186 valence electrons. The summed E-state index contributed by atoms with van der Waals surface area (Å²) < 4.78 is 80.5. The number of benzene rings is 2. The molecule has 1 aromatic heterocycles. The highest BCUT2D eigenvalue weighted by Gasteiger charge is 2.54. The highest BCUT2D eigenvalue weighted by molar-refractivity contribution is 6.30. The minimum Gasteiger partial charge on any atom is -0.473 e. The Morgan fingerprint density at radius 3 is 2.56 bits per heavy atom. The third kappa shape index (κ3) is 4.32. The van der Waals surface area contributed by atoms with Crippen molar-refractivity contribution in [2.24, 2.45) is 5.92 Å². The monoisotopic (exact) mass is 521 g/mol. The van der Waals surface area contributed by atoms with Crippen molar-refractivity contribution in [1.82, 2.24) is 4.98 Å². The van der Waals surface area contributed by atoms with Crippen LogP contribution >= 0.6 is 11.6 Å². The predicted molar refractivity (Wildman–Crippen MR) is 121 cm³/mol. The maximum absolute atomic E-state index is 14.6. The Balaban J connectivity index is 1.39. The van der Waals surface area contributed by atoms with E-state index in [1.54, 1.807) is 19.2 Å². The number of hydrogen-bond acceptors (Lipinski definition) is 4. The van der Waals surface area contributed by atoms with Crippen LogP contribution in [0.4, 0.5) is 22.0 Å². The van der Waals surface area contributed by atoms with E-state index >= 15 is 0 Å². The fraction of sp³-hybridized carbons (Fsp3) is 0.231. The van der Waals surface area contributed by atoms with Crippen molar-refractivity contribution < 1.29 is 36.2 Å². The van der Waals surface area contributed by atoms with E-state index in [0.717, 1.165) is 34.9 Å². The number of nitrogens with zero attached hydrogens (tertiary/aromatic N) is 1. The second-order valence-electron chi connectivity index (χ2n) is 8.40. The molecule has 3 aromatic rings. The largest absolute Gasteiger partial charge is 0.473 e. The zero-order valence-corrected chi connectivity index (χ0v) is 19.4. The molecular formula is C26H17ClF5NO3. The van der Waals surface area contributed by atoms with Gasteiger partial charge in [0.15, 0.2) is 0 Å². The molecule has 36 heavy (non-hydrogen) atoms. The van der Waals surface area contributed by atoms with Crippen LogP contribution in [0.1, 0.15) is 35.1 Å². The Labute approximate surface area is 207 Å². The lowest BCUT2D eigenvalue weighted by molar-refractivity contribution is -0.144. The Morgan fingerprint density at radius 1 is 1.08 bits per heavy atom. The first kappa shape index (κ1) is 24.2. The van der Waals surface area contributed by atoms with Crippen molar-refractivity contribution in [3.8, 4) is 17.0 Å². The molecule has 10 heteroatoms. The SMILES string of the molecule is CCOC(=O)[C@H]1C2=Cc3cc(OCc4cc(-c5ccc(Cl)cc5F)c(C(F)(F)F)cc4F)ncc3[C@@H]21. The molecule has 0 N–H and O–H groups in total. The topological polar surface area (TPSA) is 48.4 Å². The summed E-state index contributed by atoms with van der Waals surface area (Å²) in [7, 11) is 0. The van der Waals surface area contributed by atoms with Gasteiger partial charge < -0.3 is 9.47 Å². The van der Waals surface area contributed by atoms with Gasteiger partial charge in [-0.05, 0) is 59.5 Å². The second kappa shape index (κ2) is 8.89. The van der Waals surface area contributed by atoms with Crippen LogP contribution in [0.15, 0.2) is 48.2 Å². The predicted octanol–water partition coefficient (Wildman–Crippen LogP) is 6.95. The van der Waals surface area contributed by atoms with Gasteiger partial charge in [-0.25, -0.2) is 13.8 Å². The average Bonchev–Trinajstić information content (AvgIpc) is 3.39. The van der Waals surface area contributed by atoms with Gasteiger partial charge in [-0.1, -0.05) is 17.7 Å². The second-order valence-corrected chi connectivity index (χ2v) is 8.84. The summed E-state index contributed by atoms with van der Waals surface area (Å²) in [6, 6.07) is 6.09. The molecule has 0 spiro atoms. The summed E-state index contributed by atoms with van der Waals surface area (Å²) in [5.74, 6) is -2.67. The van der Waals surface area contributed by atoms with Crippen LogP contribution in [0.3, 0.4) is 0 Å². The number of hydrogen-bond donors (Lipinski definition) is 0. The van der Waals surface area contributed by atoms with E-state index in [0.29, 0.717) is 12.7 Å². The standard InChI is InChI=1S/C26H17ClF5NO3/c1-2-35-25(34)24-17-5-12-7-22(33-10-18(12)23(17)24)36-11-13-6-16(15-4-3-14(27)8-21(15)29)19(9-20(13)28)26(30,31)32/h3-10,23-24H,2,11H2,1H3/t23-,24+/m1/s1. The van der Waals surface area contributed by atoms with E-state index in [9.17, 15) is 26.7 Å². The molecule has 0 unspecified atom stereocenters. The van der Waals surface area contributed by atoms with E-state index in [4.69, 9.17) is 21.1 Å². The van der Waals surface area contributed by atoms with Gasteiger partial charge in [0, 0.05) is 34.3 Å². The summed E-state index contributed by atoms with van der Waals surface area (Å²) in [6.45, 7) is 1.58. The van der Waals surface area contributed by atoms with Crippen LogP contribution in [0.25, 0.3) is 17.2 Å². The van der Waals surface area contributed by atoms with Crippen molar-refractivity contribution in [3.63, 3.8) is 0 Å². The van der Waals surface area contributed by atoms with Crippen molar-refractivity contribution in [3.05, 3.63) is 87.1 Å². The highest BCUT2D eigenvalue weighted by atomic mass is 35.5. The maximum atomic E-state index is 14.6. The third-order valence-electron chi connectivity index (χ3n) is 6.17. The Bertz CT molecular complexity index is 1420. The minimum atomic E-state index is -4.92. The summed E-state index contributed by atoms with van der Waals surface area (Å²) in [5.41, 5.74) is 0.125. The number of alkyl halides is 3. The number of fused-ring (bicyclic) bond motifs is 3. The summed E-state index contributed by atoms with van der Waals surface area (Å²) in [5, 5.41) is 0.0133. The summed E-state index contributed by atoms with van der Waals surface area (Å²) >= 11 is 5.72. The van der Waals surface area contributed by atoms with E-state index in [-0.39, 0.29) is 39.8 Å². The molecule has 2 aliphatic rings. The Hall–Kier alpha value is -3.46. The number of ether oxygens (including phenoxy) is 2. The number of pyridine rings is 1. The van der Waals surface area contributed by atoms with Gasteiger partial charge >= 0.3 is 12.1 Å². The van der Waals surface area contributed by atoms with Gasteiger partial charge in [-0.3, -0.25) is 4.79 Å². The number of aromatic nitrogens is 1. The van der Waals surface area contributed by atoms with E-state index in [2.05, 4.69) is 4.98 Å². The van der Waals surface area contributed by atoms with Gasteiger partial charge in [-0.2, -0.15) is 13.2 Å². The van der Waals surface area contributed by atoms with E-state index in [1.807, 2.05) is 6.08 Å². The molecule has 1 fully saturated rings. The van der Waals surface area contributed by atoms with Gasteiger partial charge in [0.05, 0.1) is 18.1 Å². The molecule has 2 atom stereocenters. The van der Waals surface area contributed by atoms with Gasteiger partial charge in [-0.15, -0.1) is 0 Å².